The lowest BCUT2D eigenvalue weighted by Crippen LogP contribution is -2.33. The Labute approximate surface area is 211 Å². The topological polar surface area (TPSA) is 128 Å². The lowest BCUT2D eigenvalue weighted by atomic mass is 10.1. The molecule has 0 atom stereocenters. The van der Waals surface area contributed by atoms with E-state index in [0.29, 0.717) is 30.4 Å². The van der Waals surface area contributed by atoms with Crippen LogP contribution in [0, 0.1) is 20.8 Å². The van der Waals surface area contributed by atoms with Crippen LogP contribution < -0.4 is 10.6 Å². The van der Waals surface area contributed by atoms with Crippen LogP contribution in [0.1, 0.15) is 27.8 Å². The molecule has 0 fully saturated rings. The molecule has 0 saturated heterocycles. The molecule has 0 radical (unpaired) electrons. The minimum absolute atomic E-state index is 0.126. The molecular formula is C26H32N4O5S. The third kappa shape index (κ3) is 7.09. The first kappa shape index (κ1) is 27.3. The fourth-order valence-corrected chi connectivity index (χ4v) is 5.87. The van der Waals surface area contributed by atoms with E-state index in [9.17, 15) is 23.1 Å². The minimum Gasteiger partial charge on any atom is -0.465 e. The van der Waals surface area contributed by atoms with E-state index in [4.69, 9.17) is 0 Å². The summed E-state index contributed by atoms with van der Waals surface area (Å²) >= 11 is 0. The van der Waals surface area contributed by atoms with E-state index in [-0.39, 0.29) is 24.7 Å². The number of hydrogen-bond donors (Lipinski definition) is 3. The Bertz CT molecular complexity index is 1260. The Kier molecular flexibility index (Phi) is 9.14. The van der Waals surface area contributed by atoms with Gasteiger partial charge in [-0.25, -0.2) is 13.2 Å². The molecule has 1 amide bonds. The van der Waals surface area contributed by atoms with Gasteiger partial charge in [-0.05, 0) is 43.5 Å². The number of amidine groups is 1. The van der Waals surface area contributed by atoms with Crippen LogP contribution >= 0.6 is 0 Å². The molecule has 0 unspecified atom stereocenters. The lowest BCUT2D eigenvalue weighted by Gasteiger charge is -2.14. The van der Waals surface area contributed by atoms with Gasteiger partial charge in [-0.15, -0.1) is 0 Å². The minimum atomic E-state index is -3.48. The number of carboxylic acid groups (broad SMARTS) is 1. The van der Waals surface area contributed by atoms with E-state index in [2.05, 4.69) is 15.6 Å². The molecule has 2 aromatic carbocycles. The van der Waals surface area contributed by atoms with Crippen LogP contribution in [0.15, 0.2) is 58.4 Å². The van der Waals surface area contributed by atoms with E-state index < -0.39 is 15.9 Å². The Balaban J connectivity index is 1.40. The highest BCUT2D eigenvalue weighted by Crippen LogP contribution is 2.22. The normalized spacial score (nSPS) is 13.9. The maximum atomic E-state index is 12.7. The third-order valence-corrected chi connectivity index (χ3v) is 7.54. The number of aliphatic imine (C=N–C) groups is 1. The molecule has 3 N–H and O–H groups in total. The summed E-state index contributed by atoms with van der Waals surface area (Å²) in [6.07, 6.45) is 2.02. The molecule has 9 nitrogen and oxygen atoms in total. The molecule has 192 valence electrons. The third-order valence-electron chi connectivity index (χ3n) is 5.69. The van der Waals surface area contributed by atoms with Gasteiger partial charge < -0.3 is 10.4 Å². The summed E-state index contributed by atoms with van der Waals surface area (Å²) in [5.41, 5.74) is 4.17. The number of carbonyl (C=O) groups excluding carboxylic acids is 1. The molecule has 1 aliphatic heterocycles. The second kappa shape index (κ2) is 12.1. The fourth-order valence-electron chi connectivity index (χ4n) is 4.24. The van der Waals surface area contributed by atoms with Gasteiger partial charge in [-0.3, -0.25) is 20.0 Å². The number of hydrogen-bond acceptors (Lipinski definition) is 7. The number of benzene rings is 2. The molecule has 1 heterocycles. The van der Waals surface area contributed by atoms with E-state index in [1.807, 2.05) is 43.3 Å². The van der Waals surface area contributed by atoms with Crippen LogP contribution in [-0.4, -0.2) is 68.2 Å². The Morgan fingerprint density at radius 1 is 1.08 bits per heavy atom. The van der Waals surface area contributed by atoms with Gasteiger partial charge in [0.25, 0.3) is 0 Å². The van der Waals surface area contributed by atoms with Crippen LogP contribution in [0.2, 0.25) is 0 Å². The van der Waals surface area contributed by atoms with Gasteiger partial charge in [0.05, 0.1) is 24.5 Å². The van der Waals surface area contributed by atoms with Crippen molar-refractivity contribution in [2.45, 2.75) is 32.2 Å². The van der Waals surface area contributed by atoms with Crippen molar-refractivity contribution in [3.63, 3.8) is 0 Å². The number of amides is 1. The van der Waals surface area contributed by atoms with E-state index in [1.54, 1.807) is 19.9 Å². The molecule has 0 aromatic heterocycles. The standard InChI is InChI=1S/C26H32N4O5S/c1-18-13-19(2)24(20(3)14-18)36(34,35)17-27-10-4-5-23(31)16-28-15-21-6-8-22(9-7-21)25-29-11-12-30(25)26(32)33/h4-9,13-14,27-28H,10-12,15-17H2,1-3H3,(H,32,33). The number of sulfone groups is 1. The predicted molar refractivity (Wildman–Crippen MR) is 139 cm³/mol. The predicted octanol–water partition coefficient (Wildman–Crippen LogP) is 2.59. The Morgan fingerprint density at radius 2 is 1.75 bits per heavy atom. The maximum Gasteiger partial charge on any atom is 0.413 e. The first-order chi connectivity index (χ1) is 17.1. The molecule has 0 bridgehead atoms. The summed E-state index contributed by atoms with van der Waals surface area (Å²) in [6.45, 7) is 7.21. The summed E-state index contributed by atoms with van der Waals surface area (Å²) in [4.78, 5) is 29.2. The van der Waals surface area contributed by atoms with Crippen LogP contribution in [-0.2, 0) is 21.2 Å². The van der Waals surface area contributed by atoms with Crippen molar-refractivity contribution >= 4 is 27.5 Å². The molecule has 0 aliphatic carbocycles. The SMILES string of the molecule is Cc1cc(C)c(S(=O)(=O)CNCC=CC(=O)CNCc2ccc(C3=NCCN3C(=O)O)cc2)c(C)c1. The molecule has 2 aromatic rings. The molecule has 3 rings (SSSR count). The number of rotatable bonds is 11. The molecule has 36 heavy (non-hydrogen) atoms. The quantitative estimate of drug-likeness (QED) is 0.312. The van der Waals surface area contributed by atoms with Gasteiger partial charge in [0, 0.05) is 18.7 Å². The number of nitrogens with one attached hydrogen (secondary N) is 2. The van der Waals surface area contributed by atoms with Crippen LogP contribution in [0.5, 0.6) is 0 Å². The summed E-state index contributed by atoms with van der Waals surface area (Å²) in [5, 5.41) is 15.2. The average Bonchev–Trinajstić information content (AvgIpc) is 3.29. The monoisotopic (exact) mass is 512 g/mol. The van der Waals surface area contributed by atoms with E-state index in [1.165, 1.54) is 11.0 Å². The van der Waals surface area contributed by atoms with Crippen molar-refractivity contribution in [3.05, 3.63) is 76.4 Å². The highest BCUT2D eigenvalue weighted by Gasteiger charge is 2.24. The van der Waals surface area contributed by atoms with E-state index in [0.717, 1.165) is 27.8 Å². The summed E-state index contributed by atoms with van der Waals surface area (Å²) in [6, 6.07) is 11.1. The van der Waals surface area contributed by atoms with Gasteiger partial charge >= 0.3 is 6.09 Å². The number of carbonyl (C=O) groups is 2. The summed E-state index contributed by atoms with van der Waals surface area (Å²) < 4.78 is 25.4. The zero-order chi connectivity index (χ0) is 26.3. The average molecular weight is 513 g/mol. The van der Waals surface area contributed by atoms with Crippen molar-refractivity contribution in [1.82, 2.24) is 15.5 Å². The molecule has 1 aliphatic rings. The van der Waals surface area contributed by atoms with Gasteiger partial charge in [-0.1, -0.05) is 48.0 Å². The largest absolute Gasteiger partial charge is 0.465 e. The Morgan fingerprint density at radius 3 is 2.39 bits per heavy atom. The van der Waals surface area contributed by atoms with Gasteiger partial charge in [-0.2, -0.15) is 0 Å². The van der Waals surface area contributed by atoms with Crippen LogP contribution in [0.25, 0.3) is 0 Å². The van der Waals surface area contributed by atoms with Crippen LogP contribution in [0.3, 0.4) is 0 Å². The van der Waals surface area contributed by atoms with Gasteiger partial charge in [0.2, 0.25) is 0 Å². The summed E-state index contributed by atoms with van der Waals surface area (Å²) in [7, 11) is -3.48. The number of ketones is 1. The van der Waals surface area contributed by atoms with E-state index >= 15 is 0 Å². The first-order valence-corrected chi connectivity index (χ1v) is 13.3. The molecule has 0 spiro atoms. The summed E-state index contributed by atoms with van der Waals surface area (Å²) in [5.74, 6) is 0.119. The number of nitrogens with zero attached hydrogens (tertiary/aromatic N) is 2. The smallest absolute Gasteiger partial charge is 0.413 e. The molecular weight excluding hydrogens is 480 g/mol. The van der Waals surface area contributed by atoms with Crippen molar-refractivity contribution in [3.8, 4) is 0 Å². The van der Waals surface area contributed by atoms with Crippen molar-refractivity contribution < 1.29 is 23.1 Å². The zero-order valence-corrected chi connectivity index (χ0v) is 21.6. The van der Waals surface area contributed by atoms with Crippen molar-refractivity contribution in [2.24, 2.45) is 4.99 Å². The second-order valence-corrected chi connectivity index (χ2v) is 10.7. The Hall–Kier alpha value is -3.34. The highest BCUT2D eigenvalue weighted by atomic mass is 32.2. The first-order valence-electron chi connectivity index (χ1n) is 11.6. The zero-order valence-electron chi connectivity index (χ0n) is 20.7. The molecule has 0 saturated carbocycles. The highest BCUT2D eigenvalue weighted by molar-refractivity contribution is 7.91. The van der Waals surface area contributed by atoms with Gasteiger partial charge in [0.1, 0.15) is 11.7 Å². The second-order valence-electron chi connectivity index (χ2n) is 8.75. The fraction of sp³-hybridized carbons (Fsp3) is 0.346. The van der Waals surface area contributed by atoms with Crippen molar-refractivity contribution in [2.75, 3.05) is 32.1 Å². The number of aryl methyl sites for hydroxylation is 3. The van der Waals surface area contributed by atoms with Crippen LogP contribution in [0.4, 0.5) is 4.79 Å². The lowest BCUT2D eigenvalue weighted by molar-refractivity contribution is -0.113. The van der Waals surface area contributed by atoms with Gasteiger partial charge in [0.15, 0.2) is 15.6 Å². The maximum absolute atomic E-state index is 12.7. The molecule has 10 heteroatoms. The van der Waals surface area contributed by atoms with Crippen molar-refractivity contribution in [1.29, 1.82) is 0 Å².